The number of sulfonamides is 1. The van der Waals surface area contributed by atoms with Crippen LogP contribution in [0.1, 0.15) is 23.7 Å². The zero-order valence-corrected chi connectivity index (χ0v) is 13.2. The first-order valence-corrected chi connectivity index (χ1v) is 8.56. The summed E-state index contributed by atoms with van der Waals surface area (Å²) in [6, 6.07) is 6.72. The molecule has 0 atom stereocenters. The molecule has 0 aliphatic rings. The Balaban J connectivity index is 2.55. The van der Waals surface area contributed by atoms with Gasteiger partial charge in [-0.2, -0.15) is 0 Å². The summed E-state index contributed by atoms with van der Waals surface area (Å²) in [5.74, 6) is -0.305. The highest BCUT2D eigenvalue weighted by atomic mass is 35.5. The number of benzene rings is 1. The Labute approximate surface area is 125 Å². The second kappa shape index (κ2) is 7.61. The molecule has 7 heteroatoms. The number of hydrogen-bond donors (Lipinski definition) is 1. The van der Waals surface area contributed by atoms with Crippen LogP contribution in [0.25, 0.3) is 0 Å². The number of nitrogens with one attached hydrogen (secondary N) is 1. The molecule has 0 spiro atoms. The molecule has 0 bridgehead atoms. The third-order valence-corrected chi connectivity index (χ3v) is 4.34. The van der Waals surface area contributed by atoms with Crippen molar-refractivity contribution in [3.05, 3.63) is 34.9 Å². The van der Waals surface area contributed by atoms with Crippen molar-refractivity contribution in [3.63, 3.8) is 0 Å². The summed E-state index contributed by atoms with van der Waals surface area (Å²) in [6.07, 6.45) is 1.89. The third-order valence-electron chi connectivity index (χ3n) is 2.71. The van der Waals surface area contributed by atoms with Crippen LogP contribution in [0.5, 0.6) is 0 Å². The van der Waals surface area contributed by atoms with Crippen molar-refractivity contribution in [2.45, 2.75) is 13.3 Å². The maximum absolute atomic E-state index is 11.9. The quantitative estimate of drug-likeness (QED) is 0.832. The predicted molar refractivity (Wildman–Crippen MR) is 80.5 cm³/mol. The lowest BCUT2D eigenvalue weighted by Gasteiger charge is -2.19. The number of carbonyl (C=O) groups is 1. The first kappa shape index (κ1) is 16.9. The number of amides is 1. The van der Waals surface area contributed by atoms with Gasteiger partial charge < -0.3 is 5.32 Å². The molecular formula is C13H19ClN2O3S. The minimum atomic E-state index is -3.24. The summed E-state index contributed by atoms with van der Waals surface area (Å²) >= 11 is 5.92. The Morgan fingerprint density at radius 2 is 1.95 bits per heavy atom. The van der Waals surface area contributed by atoms with Crippen LogP contribution in [0, 0.1) is 0 Å². The second-order valence-corrected chi connectivity index (χ2v) is 6.79. The van der Waals surface area contributed by atoms with Gasteiger partial charge in [0.2, 0.25) is 10.0 Å². The Morgan fingerprint density at radius 1 is 1.30 bits per heavy atom. The molecule has 0 aromatic heterocycles. The van der Waals surface area contributed by atoms with Gasteiger partial charge in [0.25, 0.3) is 5.91 Å². The smallest absolute Gasteiger partial charge is 0.252 e. The first-order chi connectivity index (χ1) is 9.36. The van der Waals surface area contributed by atoms with Gasteiger partial charge in [-0.1, -0.05) is 30.7 Å². The third kappa shape index (κ3) is 5.11. The van der Waals surface area contributed by atoms with E-state index >= 15 is 0 Å². The molecule has 0 saturated carbocycles. The zero-order valence-electron chi connectivity index (χ0n) is 11.6. The lowest BCUT2D eigenvalue weighted by atomic mass is 10.2. The van der Waals surface area contributed by atoms with E-state index in [4.69, 9.17) is 11.6 Å². The molecule has 0 heterocycles. The van der Waals surface area contributed by atoms with Crippen molar-refractivity contribution in [1.82, 2.24) is 9.62 Å². The van der Waals surface area contributed by atoms with Crippen molar-refractivity contribution in [3.8, 4) is 0 Å². The highest BCUT2D eigenvalue weighted by Crippen LogP contribution is 2.14. The average molecular weight is 319 g/mol. The Morgan fingerprint density at radius 3 is 2.50 bits per heavy atom. The fourth-order valence-electron chi connectivity index (χ4n) is 1.73. The fourth-order valence-corrected chi connectivity index (χ4v) is 2.89. The molecule has 0 saturated heterocycles. The number of halogens is 1. The minimum absolute atomic E-state index is 0.247. The lowest BCUT2D eigenvalue weighted by Crippen LogP contribution is -2.38. The maximum atomic E-state index is 11.9. The topological polar surface area (TPSA) is 66.5 Å². The summed E-state index contributed by atoms with van der Waals surface area (Å²) in [5.41, 5.74) is 0.385. The fraction of sp³-hybridized carbons (Fsp3) is 0.462. The van der Waals surface area contributed by atoms with Crippen LogP contribution < -0.4 is 5.32 Å². The van der Waals surface area contributed by atoms with E-state index < -0.39 is 10.0 Å². The Hall–Kier alpha value is -1.11. The van der Waals surface area contributed by atoms with Gasteiger partial charge >= 0.3 is 0 Å². The number of hydrogen-bond acceptors (Lipinski definition) is 3. The van der Waals surface area contributed by atoms with E-state index in [0.29, 0.717) is 17.1 Å². The van der Waals surface area contributed by atoms with Gasteiger partial charge in [-0.3, -0.25) is 4.79 Å². The van der Waals surface area contributed by atoms with Crippen molar-refractivity contribution in [1.29, 1.82) is 0 Å². The predicted octanol–water partition coefficient (Wildman–Crippen LogP) is 1.74. The molecular weight excluding hydrogens is 300 g/mol. The van der Waals surface area contributed by atoms with E-state index in [1.165, 1.54) is 10.6 Å². The van der Waals surface area contributed by atoms with Crippen LogP contribution in [0.15, 0.2) is 24.3 Å². The summed E-state index contributed by atoms with van der Waals surface area (Å²) in [6.45, 7) is 2.85. The van der Waals surface area contributed by atoms with Crippen LogP contribution in [-0.4, -0.2) is 44.5 Å². The molecule has 0 aliphatic carbocycles. The highest BCUT2D eigenvalue weighted by Gasteiger charge is 2.16. The van der Waals surface area contributed by atoms with Crippen LogP contribution in [0.4, 0.5) is 0 Å². The van der Waals surface area contributed by atoms with Crippen LogP contribution in [0.2, 0.25) is 5.02 Å². The summed E-state index contributed by atoms with van der Waals surface area (Å²) in [4.78, 5) is 11.9. The van der Waals surface area contributed by atoms with Gasteiger partial charge in [-0.05, 0) is 18.6 Å². The molecule has 0 radical (unpaired) electrons. The first-order valence-electron chi connectivity index (χ1n) is 6.34. The zero-order chi connectivity index (χ0) is 15.2. The molecule has 0 fully saturated rings. The molecule has 112 valence electrons. The Bertz CT molecular complexity index is 560. The van der Waals surface area contributed by atoms with Gasteiger partial charge in [0.15, 0.2) is 0 Å². The SMILES string of the molecule is CCCN(CCNC(=O)c1ccccc1Cl)S(C)(=O)=O. The Kier molecular flexibility index (Phi) is 6.45. The molecule has 0 unspecified atom stereocenters. The van der Waals surface area contributed by atoms with E-state index in [1.54, 1.807) is 24.3 Å². The largest absolute Gasteiger partial charge is 0.351 e. The van der Waals surface area contributed by atoms with Gasteiger partial charge in [0.05, 0.1) is 16.8 Å². The summed E-state index contributed by atoms with van der Waals surface area (Å²) < 4.78 is 24.4. The van der Waals surface area contributed by atoms with E-state index in [2.05, 4.69) is 5.32 Å². The molecule has 5 nitrogen and oxygen atoms in total. The van der Waals surface area contributed by atoms with Crippen LogP contribution >= 0.6 is 11.6 Å². The second-order valence-electron chi connectivity index (χ2n) is 4.40. The van der Waals surface area contributed by atoms with E-state index in [1.807, 2.05) is 6.92 Å². The molecule has 20 heavy (non-hydrogen) atoms. The van der Waals surface area contributed by atoms with Gasteiger partial charge in [-0.15, -0.1) is 0 Å². The molecule has 1 N–H and O–H groups in total. The highest BCUT2D eigenvalue weighted by molar-refractivity contribution is 7.88. The van der Waals surface area contributed by atoms with Gasteiger partial charge in [-0.25, -0.2) is 12.7 Å². The van der Waals surface area contributed by atoms with Crippen molar-refractivity contribution >= 4 is 27.5 Å². The van der Waals surface area contributed by atoms with Crippen LogP contribution in [0.3, 0.4) is 0 Å². The maximum Gasteiger partial charge on any atom is 0.252 e. The monoisotopic (exact) mass is 318 g/mol. The van der Waals surface area contributed by atoms with Gasteiger partial charge in [0.1, 0.15) is 0 Å². The van der Waals surface area contributed by atoms with E-state index in [0.717, 1.165) is 6.42 Å². The van der Waals surface area contributed by atoms with Gasteiger partial charge in [0, 0.05) is 19.6 Å². The van der Waals surface area contributed by atoms with Crippen LogP contribution in [-0.2, 0) is 10.0 Å². The standard InChI is InChI=1S/C13H19ClN2O3S/c1-3-9-16(20(2,18)19)10-8-15-13(17)11-6-4-5-7-12(11)14/h4-7H,3,8-10H2,1-2H3,(H,15,17). The molecule has 1 aromatic rings. The van der Waals surface area contributed by atoms with E-state index in [-0.39, 0.29) is 19.0 Å². The molecule has 1 amide bonds. The number of carbonyl (C=O) groups excluding carboxylic acids is 1. The van der Waals surface area contributed by atoms with E-state index in [9.17, 15) is 13.2 Å². The minimum Gasteiger partial charge on any atom is -0.351 e. The molecule has 0 aliphatic heterocycles. The van der Waals surface area contributed by atoms with Crippen molar-refractivity contribution in [2.24, 2.45) is 0 Å². The average Bonchev–Trinajstić information content (AvgIpc) is 2.37. The molecule has 1 rings (SSSR count). The summed E-state index contributed by atoms with van der Waals surface area (Å²) in [5, 5.41) is 3.04. The van der Waals surface area contributed by atoms with Crippen molar-refractivity contribution < 1.29 is 13.2 Å². The number of nitrogens with zero attached hydrogens (tertiary/aromatic N) is 1. The lowest BCUT2D eigenvalue weighted by molar-refractivity contribution is 0.0952. The normalized spacial score (nSPS) is 11.6. The summed E-state index contributed by atoms with van der Waals surface area (Å²) in [7, 11) is -3.24. The van der Waals surface area contributed by atoms with Crippen molar-refractivity contribution in [2.75, 3.05) is 25.9 Å². The number of rotatable bonds is 7. The molecule has 1 aromatic carbocycles.